The minimum atomic E-state index is -3.28. The third-order valence-electron chi connectivity index (χ3n) is 5.34. The average Bonchev–Trinajstić information content (AvgIpc) is 2.85. The van der Waals surface area contributed by atoms with Gasteiger partial charge in [0.15, 0.2) is 9.84 Å². The lowest BCUT2D eigenvalue weighted by Crippen LogP contribution is -2.13. The van der Waals surface area contributed by atoms with Crippen LogP contribution in [0, 0.1) is 0 Å². The Kier molecular flexibility index (Phi) is 7.04. The molecule has 0 unspecified atom stereocenters. The van der Waals surface area contributed by atoms with E-state index in [0.29, 0.717) is 11.3 Å². The maximum Gasteiger partial charge on any atom is 0.256 e. The minimum absolute atomic E-state index is 0.237. The van der Waals surface area contributed by atoms with Crippen LogP contribution in [-0.2, 0) is 16.3 Å². The molecule has 34 heavy (non-hydrogen) atoms. The topological polar surface area (TPSA) is 88.2 Å². The third-order valence-corrected chi connectivity index (χ3v) is 6.47. The zero-order valence-corrected chi connectivity index (χ0v) is 19.5. The van der Waals surface area contributed by atoms with E-state index < -0.39 is 9.84 Å². The first-order valence-corrected chi connectivity index (χ1v) is 12.7. The van der Waals surface area contributed by atoms with Crippen molar-refractivity contribution < 1.29 is 13.2 Å². The van der Waals surface area contributed by atoms with Crippen molar-refractivity contribution in [1.29, 1.82) is 0 Å². The van der Waals surface area contributed by atoms with Crippen molar-refractivity contribution in [3.8, 4) is 11.1 Å². The van der Waals surface area contributed by atoms with Gasteiger partial charge < -0.3 is 10.6 Å². The van der Waals surface area contributed by atoms with Crippen LogP contribution in [0.4, 0.5) is 11.4 Å². The molecule has 4 rings (SSSR count). The van der Waals surface area contributed by atoms with E-state index in [-0.39, 0.29) is 10.8 Å². The summed E-state index contributed by atoms with van der Waals surface area (Å²) in [6.07, 6.45) is 3.78. The molecule has 0 radical (unpaired) electrons. The van der Waals surface area contributed by atoms with E-state index in [1.807, 2.05) is 54.6 Å². The molecule has 1 heterocycles. The van der Waals surface area contributed by atoms with Crippen LogP contribution in [0.1, 0.15) is 16.1 Å². The number of nitrogens with zero attached hydrogens (tertiary/aromatic N) is 1. The van der Waals surface area contributed by atoms with Gasteiger partial charge in [0.1, 0.15) is 0 Å². The standard InChI is InChI=1S/C27H25N3O3S/c1-34(32,33)24-15-9-20(10-16-24)25-7-2-3-8-26(25)27(31)30-23-13-11-22(12-14-23)29-19-17-21-6-4-5-18-28-21/h2-16,18,29H,17,19H2,1H3,(H,30,31). The van der Waals surface area contributed by atoms with E-state index in [9.17, 15) is 13.2 Å². The molecule has 0 aliphatic rings. The number of rotatable bonds is 8. The van der Waals surface area contributed by atoms with Gasteiger partial charge in [-0.3, -0.25) is 9.78 Å². The number of anilines is 2. The Morgan fingerprint density at radius 3 is 2.18 bits per heavy atom. The number of carbonyl (C=O) groups is 1. The highest BCUT2D eigenvalue weighted by molar-refractivity contribution is 7.90. The lowest BCUT2D eigenvalue weighted by atomic mass is 9.99. The van der Waals surface area contributed by atoms with Gasteiger partial charge in [-0.05, 0) is 65.7 Å². The molecule has 1 amide bonds. The smallest absolute Gasteiger partial charge is 0.256 e. The first-order valence-electron chi connectivity index (χ1n) is 10.8. The van der Waals surface area contributed by atoms with Crippen molar-refractivity contribution in [3.05, 3.63) is 108 Å². The van der Waals surface area contributed by atoms with Gasteiger partial charge in [0.05, 0.1) is 4.90 Å². The number of carbonyl (C=O) groups excluding carboxylic acids is 1. The number of hydrogen-bond acceptors (Lipinski definition) is 5. The maximum absolute atomic E-state index is 13.0. The molecule has 0 saturated carbocycles. The third kappa shape index (κ3) is 5.88. The molecule has 6 nitrogen and oxygen atoms in total. The van der Waals surface area contributed by atoms with Gasteiger partial charge in [-0.25, -0.2) is 8.42 Å². The van der Waals surface area contributed by atoms with Gasteiger partial charge in [-0.15, -0.1) is 0 Å². The number of amides is 1. The van der Waals surface area contributed by atoms with Crippen LogP contribution in [0.25, 0.3) is 11.1 Å². The number of pyridine rings is 1. The summed E-state index contributed by atoms with van der Waals surface area (Å²) >= 11 is 0. The number of nitrogens with one attached hydrogen (secondary N) is 2. The molecule has 0 bridgehead atoms. The van der Waals surface area contributed by atoms with Crippen LogP contribution < -0.4 is 10.6 Å². The first-order chi connectivity index (χ1) is 16.4. The molecule has 172 valence electrons. The number of sulfone groups is 1. The highest BCUT2D eigenvalue weighted by Crippen LogP contribution is 2.26. The van der Waals surface area contributed by atoms with E-state index >= 15 is 0 Å². The average molecular weight is 472 g/mol. The molecule has 7 heteroatoms. The van der Waals surface area contributed by atoms with Gasteiger partial charge in [0.2, 0.25) is 0 Å². The second-order valence-electron chi connectivity index (χ2n) is 7.87. The summed E-state index contributed by atoms with van der Waals surface area (Å²) in [6.45, 7) is 0.758. The van der Waals surface area contributed by atoms with Gasteiger partial charge in [-0.2, -0.15) is 0 Å². The summed E-state index contributed by atoms with van der Waals surface area (Å²) in [4.78, 5) is 17.6. The zero-order valence-electron chi connectivity index (χ0n) is 18.7. The van der Waals surface area contributed by atoms with Gasteiger partial charge in [-0.1, -0.05) is 36.4 Å². The summed E-state index contributed by atoms with van der Waals surface area (Å²) in [5.74, 6) is -0.237. The van der Waals surface area contributed by atoms with Crippen LogP contribution in [0.5, 0.6) is 0 Å². The normalized spacial score (nSPS) is 11.1. The Balaban J connectivity index is 1.42. The molecule has 3 aromatic carbocycles. The molecular weight excluding hydrogens is 446 g/mol. The van der Waals surface area contributed by atoms with E-state index in [1.54, 1.807) is 42.6 Å². The Morgan fingerprint density at radius 2 is 1.50 bits per heavy atom. The molecule has 0 atom stereocenters. The van der Waals surface area contributed by atoms with Crippen LogP contribution in [0.2, 0.25) is 0 Å². The zero-order chi connectivity index (χ0) is 24.0. The molecular formula is C27H25N3O3S. The highest BCUT2D eigenvalue weighted by atomic mass is 32.2. The molecule has 1 aromatic heterocycles. The number of aromatic nitrogens is 1. The van der Waals surface area contributed by atoms with E-state index in [2.05, 4.69) is 15.6 Å². The monoisotopic (exact) mass is 471 g/mol. The predicted octanol–water partition coefficient (Wildman–Crippen LogP) is 5.06. The van der Waals surface area contributed by atoms with Crippen molar-refractivity contribution in [2.45, 2.75) is 11.3 Å². The largest absolute Gasteiger partial charge is 0.385 e. The van der Waals surface area contributed by atoms with Crippen LogP contribution in [-0.4, -0.2) is 32.1 Å². The van der Waals surface area contributed by atoms with Crippen molar-refractivity contribution in [2.75, 3.05) is 23.4 Å². The molecule has 0 spiro atoms. The maximum atomic E-state index is 13.0. The Labute approximate surface area is 199 Å². The lowest BCUT2D eigenvalue weighted by Gasteiger charge is -2.12. The SMILES string of the molecule is CS(=O)(=O)c1ccc(-c2ccccc2C(=O)Nc2ccc(NCCc3ccccn3)cc2)cc1. The summed E-state index contributed by atoms with van der Waals surface area (Å²) in [5, 5.41) is 6.30. The molecule has 0 saturated heterocycles. The summed E-state index contributed by atoms with van der Waals surface area (Å²) in [6, 6.07) is 27.2. The van der Waals surface area contributed by atoms with Crippen molar-refractivity contribution in [1.82, 2.24) is 4.98 Å². The fourth-order valence-corrected chi connectivity index (χ4v) is 4.20. The van der Waals surface area contributed by atoms with E-state index in [1.165, 1.54) is 6.26 Å². The summed E-state index contributed by atoms with van der Waals surface area (Å²) in [5.41, 5.74) is 4.68. The Hall–Kier alpha value is -3.97. The molecule has 0 aliphatic carbocycles. The summed E-state index contributed by atoms with van der Waals surface area (Å²) < 4.78 is 23.5. The summed E-state index contributed by atoms with van der Waals surface area (Å²) in [7, 11) is -3.28. The van der Waals surface area contributed by atoms with Crippen molar-refractivity contribution >= 4 is 27.1 Å². The predicted molar refractivity (Wildman–Crippen MR) is 136 cm³/mol. The molecule has 0 aliphatic heterocycles. The molecule has 0 fully saturated rings. The van der Waals surface area contributed by atoms with Gasteiger partial charge in [0, 0.05) is 48.1 Å². The quantitative estimate of drug-likeness (QED) is 0.375. The van der Waals surface area contributed by atoms with Gasteiger partial charge >= 0.3 is 0 Å². The number of benzene rings is 3. The van der Waals surface area contributed by atoms with E-state index in [4.69, 9.17) is 0 Å². The second-order valence-corrected chi connectivity index (χ2v) is 9.89. The van der Waals surface area contributed by atoms with Crippen molar-refractivity contribution in [2.24, 2.45) is 0 Å². The second kappa shape index (κ2) is 10.3. The molecule has 4 aromatic rings. The van der Waals surface area contributed by atoms with E-state index in [0.717, 1.165) is 35.5 Å². The van der Waals surface area contributed by atoms with Crippen molar-refractivity contribution in [3.63, 3.8) is 0 Å². The lowest BCUT2D eigenvalue weighted by molar-refractivity contribution is 0.102. The van der Waals surface area contributed by atoms with Gasteiger partial charge in [0.25, 0.3) is 5.91 Å². The Morgan fingerprint density at radius 1 is 0.824 bits per heavy atom. The highest BCUT2D eigenvalue weighted by Gasteiger charge is 2.14. The fraction of sp³-hybridized carbons (Fsp3) is 0.111. The van der Waals surface area contributed by atoms with Crippen LogP contribution in [0.3, 0.4) is 0 Å². The minimum Gasteiger partial charge on any atom is -0.385 e. The molecule has 2 N–H and O–H groups in total. The van der Waals surface area contributed by atoms with Crippen LogP contribution >= 0.6 is 0 Å². The number of hydrogen-bond donors (Lipinski definition) is 2. The van der Waals surface area contributed by atoms with Crippen LogP contribution in [0.15, 0.2) is 102 Å². The first kappa shape index (κ1) is 23.2. The fourth-order valence-electron chi connectivity index (χ4n) is 3.57. The Bertz CT molecular complexity index is 1370.